The first kappa shape index (κ1) is 13.1. The number of anilines is 1. The standard InChI is InChI=1S/C15H20BrNO2/c1-10-4-2-3-5-12(10)17-13-9-15-14(8-11(13)16)18-6-7-19-15/h8-10,12,17H,2-7H2,1H3. The van der Waals surface area contributed by atoms with E-state index in [0.717, 1.165) is 27.6 Å². The Morgan fingerprint density at radius 1 is 1.11 bits per heavy atom. The molecule has 4 heteroatoms. The summed E-state index contributed by atoms with van der Waals surface area (Å²) in [4.78, 5) is 0. The lowest BCUT2D eigenvalue weighted by molar-refractivity contribution is 0.171. The summed E-state index contributed by atoms with van der Waals surface area (Å²) in [6.07, 6.45) is 5.26. The molecule has 0 spiro atoms. The van der Waals surface area contributed by atoms with E-state index in [4.69, 9.17) is 9.47 Å². The van der Waals surface area contributed by atoms with Crippen LogP contribution in [0.4, 0.5) is 5.69 Å². The molecule has 0 radical (unpaired) electrons. The van der Waals surface area contributed by atoms with Crippen LogP contribution >= 0.6 is 15.9 Å². The van der Waals surface area contributed by atoms with Gasteiger partial charge in [-0.25, -0.2) is 0 Å². The van der Waals surface area contributed by atoms with Gasteiger partial charge in [0.2, 0.25) is 0 Å². The number of nitrogens with one attached hydrogen (secondary N) is 1. The molecule has 3 nitrogen and oxygen atoms in total. The zero-order valence-corrected chi connectivity index (χ0v) is 12.8. The van der Waals surface area contributed by atoms with Gasteiger partial charge in [0.05, 0.1) is 5.69 Å². The highest BCUT2D eigenvalue weighted by Gasteiger charge is 2.23. The van der Waals surface area contributed by atoms with Gasteiger partial charge in [0.15, 0.2) is 11.5 Å². The predicted octanol–water partition coefficient (Wildman–Crippen LogP) is 4.21. The Kier molecular flexibility index (Phi) is 3.87. The van der Waals surface area contributed by atoms with E-state index in [0.29, 0.717) is 19.3 Å². The van der Waals surface area contributed by atoms with Crippen molar-refractivity contribution in [2.45, 2.75) is 38.6 Å². The van der Waals surface area contributed by atoms with Crippen LogP contribution < -0.4 is 14.8 Å². The topological polar surface area (TPSA) is 30.5 Å². The Morgan fingerprint density at radius 3 is 2.53 bits per heavy atom. The summed E-state index contributed by atoms with van der Waals surface area (Å²) in [5.41, 5.74) is 1.11. The highest BCUT2D eigenvalue weighted by Crippen LogP contribution is 2.39. The van der Waals surface area contributed by atoms with Crippen LogP contribution in [0.3, 0.4) is 0 Å². The summed E-state index contributed by atoms with van der Waals surface area (Å²) < 4.78 is 12.3. The predicted molar refractivity (Wildman–Crippen MR) is 80.2 cm³/mol. The van der Waals surface area contributed by atoms with Crippen LogP contribution in [0.1, 0.15) is 32.6 Å². The number of benzene rings is 1. The van der Waals surface area contributed by atoms with E-state index < -0.39 is 0 Å². The van der Waals surface area contributed by atoms with Gasteiger partial charge in [-0.3, -0.25) is 0 Å². The van der Waals surface area contributed by atoms with Gasteiger partial charge in [0, 0.05) is 22.6 Å². The van der Waals surface area contributed by atoms with E-state index in [9.17, 15) is 0 Å². The zero-order chi connectivity index (χ0) is 13.2. The monoisotopic (exact) mass is 325 g/mol. The van der Waals surface area contributed by atoms with Gasteiger partial charge in [-0.05, 0) is 34.7 Å². The molecule has 2 unspecified atom stereocenters. The molecule has 3 rings (SSSR count). The molecule has 1 aromatic carbocycles. The maximum absolute atomic E-state index is 5.65. The number of halogens is 1. The third kappa shape index (κ3) is 2.83. The molecule has 0 saturated heterocycles. The minimum absolute atomic E-state index is 0.563. The van der Waals surface area contributed by atoms with Crippen LogP contribution in [0.5, 0.6) is 11.5 Å². The van der Waals surface area contributed by atoms with E-state index in [1.807, 2.05) is 6.07 Å². The second-order valence-corrected chi connectivity index (χ2v) is 6.34. The minimum atomic E-state index is 0.563. The number of rotatable bonds is 2. The lowest BCUT2D eigenvalue weighted by atomic mass is 9.86. The lowest BCUT2D eigenvalue weighted by Gasteiger charge is -2.31. The fourth-order valence-electron chi connectivity index (χ4n) is 2.91. The van der Waals surface area contributed by atoms with Crippen molar-refractivity contribution in [1.29, 1.82) is 0 Å². The van der Waals surface area contributed by atoms with Crippen LogP contribution in [0.2, 0.25) is 0 Å². The SMILES string of the molecule is CC1CCCCC1Nc1cc2c(cc1Br)OCCO2. The van der Waals surface area contributed by atoms with Crippen molar-refractivity contribution in [3.63, 3.8) is 0 Å². The summed E-state index contributed by atoms with van der Waals surface area (Å²) in [5.74, 6) is 2.41. The first-order valence-electron chi connectivity index (χ1n) is 7.10. The van der Waals surface area contributed by atoms with Gasteiger partial charge in [0.25, 0.3) is 0 Å². The fraction of sp³-hybridized carbons (Fsp3) is 0.600. The van der Waals surface area contributed by atoms with Crippen LogP contribution in [0, 0.1) is 5.92 Å². The molecule has 1 aromatic rings. The van der Waals surface area contributed by atoms with Gasteiger partial charge in [-0.1, -0.05) is 19.8 Å². The zero-order valence-electron chi connectivity index (χ0n) is 11.2. The molecular formula is C15H20BrNO2. The smallest absolute Gasteiger partial charge is 0.163 e. The molecule has 2 atom stereocenters. The van der Waals surface area contributed by atoms with Gasteiger partial charge in [0.1, 0.15) is 13.2 Å². The molecule has 1 aliphatic heterocycles. The third-order valence-electron chi connectivity index (χ3n) is 4.08. The average Bonchev–Trinajstić information content (AvgIpc) is 2.42. The Bertz CT molecular complexity index is 464. The van der Waals surface area contributed by atoms with E-state index in [1.165, 1.54) is 25.7 Å². The van der Waals surface area contributed by atoms with E-state index in [2.05, 4.69) is 34.2 Å². The van der Waals surface area contributed by atoms with Crippen LogP contribution in [0.25, 0.3) is 0 Å². The van der Waals surface area contributed by atoms with Gasteiger partial charge >= 0.3 is 0 Å². The van der Waals surface area contributed by atoms with Crippen LogP contribution in [-0.2, 0) is 0 Å². The molecule has 1 N–H and O–H groups in total. The van der Waals surface area contributed by atoms with Crippen molar-refractivity contribution >= 4 is 21.6 Å². The summed E-state index contributed by atoms with van der Waals surface area (Å²) in [7, 11) is 0. The van der Waals surface area contributed by atoms with Gasteiger partial charge in [-0.2, -0.15) is 0 Å². The molecule has 0 bridgehead atoms. The van der Waals surface area contributed by atoms with Crippen molar-refractivity contribution in [1.82, 2.24) is 0 Å². The number of hydrogen-bond acceptors (Lipinski definition) is 3. The molecule has 0 aromatic heterocycles. The molecule has 1 aliphatic carbocycles. The molecule has 1 fully saturated rings. The summed E-state index contributed by atoms with van der Waals surface area (Å²) >= 11 is 3.62. The summed E-state index contributed by atoms with van der Waals surface area (Å²) in [6, 6.07) is 4.62. The van der Waals surface area contributed by atoms with Crippen molar-refractivity contribution in [3.8, 4) is 11.5 Å². The highest BCUT2D eigenvalue weighted by molar-refractivity contribution is 9.10. The Labute approximate surface area is 122 Å². The largest absolute Gasteiger partial charge is 0.486 e. The van der Waals surface area contributed by atoms with Gasteiger partial charge < -0.3 is 14.8 Å². The number of ether oxygens (including phenoxy) is 2. The summed E-state index contributed by atoms with van der Waals surface area (Å²) in [5, 5.41) is 3.67. The molecule has 1 heterocycles. The maximum atomic E-state index is 5.65. The van der Waals surface area contributed by atoms with Crippen LogP contribution in [-0.4, -0.2) is 19.3 Å². The summed E-state index contributed by atoms with van der Waals surface area (Å²) in [6.45, 7) is 3.60. The van der Waals surface area contributed by atoms with Crippen molar-refractivity contribution in [2.75, 3.05) is 18.5 Å². The molecule has 19 heavy (non-hydrogen) atoms. The Hall–Kier alpha value is -0.900. The number of hydrogen-bond donors (Lipinski definition) is 1. The average molecular weight is 326 g/mol. The quantitative estimate of drug-likeness (QED) is 0.883. The third-order valence-corrected chi connectivity index (χ3v) is 4.74. The molecule has 2 aliphatic rings. The highest BCUT2D eigenvalue weighted by atomic mass is 79.9. The molecular weight excluding hydrogens is 306 g/mol. The van der Waals surface area contributed by atoms with E-state index in [1.54, 1.807) is 0 Å². The Morgan fingerprint density at radius 2 is 1.79 bits per heavy atom. The lowest BCUT2D eigenvalue weighted by Crippen LogP contribution is -2.30. The second kappa shape index (κ2) is 5.61. The normalized spacial score (nSPS) is 26.0. The minimum Gasteiger partial charge on any atom is -0.486 e. The first-order valence-corrected chi connectivity index (χ1v) is 7.89. The van der Waals surface area contributed by atoms with Crippen molar-refractivity contribution in [3.05, 3.63) is 16.6 Å². The molecule has 1 saturated carbocycles. The second-order valence-electron chi connectivity index (χ2n) is 5.49. The number of fused-ring (bicyclic) bond motifs is 1. The van der Waals surface area contributed by atoms with E-state index >= 15 is 0 Å². The molecule has 104 valence electrons. The van der Waals surface area contributed by atoms with Crippen molar-refractivity contribution < 1.29 is 9.47 Å². The van der Waals surface area contributed by atoms with Crippen molar-refractivity contribution in [2.24, 2.45) is 5.92 Å². The first-order chi connectivity index (χ1) is 9.24. The fourth-order valence-corrected chi connectivity index (χ4v) is 3.34. The van der Waals surface area contributed by atoms with E-state index in [-0.39, 0.29) is 0 Å². The molecule has 0 amide bonds. The maximum Gasteiger partial charge on any atom is 0.163 e. The Balaban J connectivity index is 1.80. The van der Waals surface area contributed by atoms with Gasteiger partial charge in [-0.15, -0.1) is 0 Å². The van der Waals surface area contributed by atoms with Crippen LogP contribution in [0.15, 0.2) is 16.6 Å².